The molecule has 0 spiro atoms. The third-order valence-electron chi connectivity index (χ3n) is 4.80. The maximum Gasteiger partial charge on any atom is 0.223 e. The van der Waals surface area contributed by atoms with E-state index in [1.807, 2.05) is 0 Å². The number of carbonyl (C=O) groups is 1. The summed E-state index contributed by atoms with van der Waals surface area (Å²) in [5.74, 6) is 2.95. The van der Waals surface area contributed by atoms with E-state index < -0.39 is 0 Å². The molecule has 3 aliphatic rings. The number of hydrogen-bond donors (Lipinski definition) is 2. The van der Waals surface area contributed by atoms with Gasteiger partial charge in [-0.25, -0.2) is 0 Å². The van der Waals surface area contributed by atoms with E-state index in [0.717, 1.165) is 25.6 Å². The van der Waals surface area contributed by atoms with E-state index in [9.17, 15) is 4.79 Å². The van der Waals surface area contributed by atoms with Gasteiger partial charge in [-0.05, 0) is 56.5 Å². The predicted octanol–water partition coefficient (Wildman–Crippen LogP) is 1.15. The maximum absolute atomic E-state index is 12.1. The van der Waals surface area contributed by atoms with Crippen molar-refractivity contribution in [2.45, 2.75) is 32.1 Å². The molecule has 2 bridgehead atoms. The fourth-order valence-corrected chi connectivity index (χ4v) is 3.83. The van der Waals surface area contributed by atoms with Crippen LogP contribution in [-0.4, -0.2) is 25.5 Å². The van der Waals surface area contributed by atoms with Gasteiger partial charge in [-0.15, -0.1) is 0 Å². The Hall–Kier alpha value is -0.570. The molecule has 1 heterocycles. The van der Waals surface area contributed by atoms with Crippen LogP contribution in [-0.2, 0) is 4.79 Å². The lowest BCUT2D eigenvalue weighted by molar-refractivity contribution is -0.126. The highest BCUT2D eigenvalue weighted by molar-refractivity contribution is 5.79. The Kier molecular flexibility index (Phi) is 2.88. The molecule has 1 amide bonds. The monoisotopic (exact) mass is 222 g/mol. The third kappa shape index (κ3) is 1.97. The van der Waals surface area contributed by atoms with Crippen LogP contribution < -0.4 is 10.6 Å². The largest absolute Gasteiger partial charge is 0.356 e. The smallest absolute Gasteiger partial charge is 0.223 e. The molecule has 4 unspecified atom stereocenters. The highest BCUT2D eigenvalue weighted by atomic mass is 16.1. The van der Waals surface area contributed by atoms with Crippen LogP contribution >= 0.6 is 0 Å². The number of fused-ring (bicyclic) bond motifs is 2. The van der Waals surface area contributed by atoms with E-state index in [4.69, 9.17) is 0 Å². The summed E-state index contributed by atoms with van der Waals surface area (Å²) in [5.41, 5.74) is 0. The summed E-state index contributed by atoms with van der Waals surface area (Å²) in [7, 11) is 0. The van der Waals surface area contributed by atoms with Crippen molar-refractivity contribution in [3.05, 3.63) is 0 Å². The quantitative estimate of drug-likeness (QED) is 0.752. The van der Waals surface area contributed by atoms with E-state index >= 15 is 0 Å². The van der Waals surface area contributed by atoms with Crippen LogP contribution in [0, 0.1) is 23.7 Å². The summed E-state index contributed by atoms with van der Waals surface area (Å²) in [4.78, 5) is 12.1. The Bertz CT molecular complexity index is 273. The molecule has 0 radical (unpaired) electrons. The second-order valence-electron chi connectivity index (χ2n) is 5.89. The Morgan fingerprint density at radius 2 is 2.19 bits per heavy atom. The van der Waals surface area contributed by atoms with E-state index in [-0.39, 0.29) is 0 Å². The second-order valence-corrected chi connectivity index (χ2v) is 5.89. The van der Waals surface area contributed by atoms with Crippen LogP contribution in [0.25, 0.3) is 0 Å². The van der Waals surface area contributed by atoms with Gasteiger partial charge in [-0.1, -0.05) is 6.42 Å². The molecule has 2 saturated carbocycles. The van der Waals surface area contributed by atoms with Crippen molar-refractivity contribution in [1.29, 1.82) is 0 Å². The maximum atomic E-state index is 12.1. The topological polar surface area (TPSA) is 41.1 Å². The third-order valence-corrected chi connectivity index (χ3v) is 4.80. The molecule has 2 aliphatic carbocycles. The lowest BCUT2D eigenvalue weighted by atomic mass is 9.88. The molecule has 2 N–H and O–H groups in total. The van der Waals surface area contributed by atoms with Crippen molar-refractivity contribution in [2.24, 2.45) is 23.7 Å². The van der Waals surface area contributed by atoms with Crippen LogP contribution in [0.3, 0.4) is 0 Å². The molecule has 0 aromatic heterocycles. The molecular formula is C13H22N2O. The summed E-state index contributed by atoms with van der Waals surface area (Å²) in [5, 5.41) is 6.51. The summed E-state index contributed by atoms with van der Waals surface area (Å²) in [6, 6.07) is 0. The Balaban J connectivity index is 1.46. The first-order valence-electron chi connectivity index (χ1n) is 6.81. The zero-order chi connectivity index (χ0) is 11.0. The minimum atomic E-state index is 0.346. The second kappa shape index (κ2) is 4.36. The average Bonchev–Trinajstić information content (AvgIpc) is 3.01. The summed E-state index contributed by atoms with van der Waals surface area (Å²) in [6.45, 7) is 3.09. The Labute approximate surface area is 97.4 Å². The molecule has 3 nitrogen and oxygen atoms in total. The minimum Gasteiger partial charge on any atom is -0.356 e. The van der Waals surface area contributed by atoms with Crippen molar-refractivity contribution in [2.75, 3.05) is 19.6 Å². The molecule has 90 valence electrons. The predicted molar refractivity (Wildman–Crippen MR) is 62.9 cm³/mol. The van der Waals surface area contributed by atoms with Gasteiger partial charge in [-0.2, -0.15) is 0 Å². The van der Waals surface area contributed by atoms with Crippen molar-refractivity contribution in [3.63, 3.8) is 0 Å². The standard InChI is InChI=1S/C13H22N2O/c16-13(15-8-10-3-4-14-7-10)12-6-9-1-2-11(12)5-9/h9-12,14H,1-8H2,(H,15,16). The number of amides is 1. The first-order valence-corrected chi connectivity index (χ1v) is 6.81. The van der Waals surface area contributed by atoms with Crippen molar-refractivity contribution >= 4 is 5.91 Å². The molecule has 0 aromatic carbocycles. The van der Waals surface area contributed by atoms with Gasteiger partial charge in [0, 0.05) is 12.5 Å². The molecule has 1 saturated heterocycles. The molecule has 3 rings (SSSR count). The van der Waals surface area contributed by atoms with Gasteiger partial charge in [0.05, 0.1) is 0 Å². The molecule has 3 heteroatoms. The van der Waals surface area contributed by atoms with Gasteiger partial charge < -0.3 is 10.6 Å². The highest BCUT2D eigenvalue weighted by Gasteiger charge is 2.42. The van der Waals surface area contributed by atoms with Gasteiger partial charge in [-0.3, -0.25) is 4.79 Å². The zero-order valence-electron chi connectivity index (χ0n) is 9.87. The Morgan fingerprint density at radius 1 is 1.25 bits per heavy atom. The van der Waals surface area contributed by atoms with Crippen LogP contribution in [0.2, 0.25) is 0 Å². The average molecular weight is 222 g/mol. The molecule has 4 atom stereocenters. The minimum absolute atomic E-state index is 0.346. The van der Waals surface area contributed by atoms with Gasteiger partial charge in [0.1, 0.15) is 0 Å². The number of nitrogens with one attached hydrogen (secondary N) is 2. The Morgan fingerprint density at radius 3 is 2.81 bits per heavy atom. The van der Waals surface area contributed by atoms with Gasteiger partial charge in [0.2, 0.25) is 5.91 Å². The van der Waals surface area contributed by atoms with E-state index in [1.54, 1.807) is 0 Å². The highest BCUT2D eigenvalue weighted by Crippen LogP contribution is 2.48. The summed E-state index contributed by atoms with van der Waals surface area (Å²) < 4.78 is 0. The first-order chi connectivity index (χ1) is 7.83. The molecule has 16 heavy (non-hydrogen) atoms. The summed E-state index contributed by atoms with van der Waals surface area (Å²) >= 11 is 0. The van der Waals surface area contributed by atoms with E-state index in [1.165, 1.54) is 32.1 Å². The fourth-order valence-electron chi connectivity index (χ4n) is 3.83. The van der Waals surface area contributed by atoms with E-state index in [2.05, 4.69) is 10.6 Å². The van der Waals surface area contributed by atoms with Gasteiger partial charge in [0.25, 0.3) is 0 Å². The number of rotatable bonds is 3. The lowest BCUT2D eigenvalue weighted by Gasteiger charge is -2.21. The zero-order valence-corrected chi connectivity index (χ0v) is 9.87. The number of hydrogen-bond acceptors (Lipinski definition) is 2. The van der Waals surface area contributed by atoms with E-state index in [0.29, 0.717) is 23.7 Å². The van der Waals surface area contributed by atoms with Gasteiger partial charge >= 0.3 is 0 Å². The first kappa shape index (κ1) is 10.6. The van der Waals surface area contributed by atoms with Crippen molar-refractivity contribution in [1.82, 2.24) is 10.6 Å². The van der Waals surface area contributed by atoms with Crippen molar-refractivity contribution in [3.8, 4) is 0 Å². The van der Waals surface area contributed by atoms with Gasteiger partial charge in [0.15, 0.2) is 0 Å². The van der Waals surface area contributed by atoms with Crippen LogP contribution in [0.5, 0.6) is 0 Å². The SMILES string of the molecule is O=C(NCC1CCNC1)C1CC2CCC1C2. The fraction of sp³-hybridized carbons (Fsp3) is 0.923. The molecular weight excluding hydrogens is 200 g/mol. The van der Waals surface area contributed by atoms with Crippen LogP contribution in [0.15, 0.2) is 0 Å². The van der Waals surface area contributed by atoms with Crippen LogP contribution in [0.1, 0.15) is 32.1 Å². The molecule has 1 aliphatic heterocycles. The molecule has 0 aromatic rings. The van der Waals surface area contributed by atoms with Crippen LogP contribution in [0.4, 0.5) is 0 Å². The normalized spacial score (nSPS) is 41.5. The lowest BCUT2D eigenvalue weighted by Crippen LogP contribution is -2.37. The number of carbonyl (C=O) groups excluding carboxylic acids is 1. The van der Waals surface area contributed by atoms with Crippen molar-refractivity contribution < 1.29 is 4.79 Å². The molecule has 3 fully saturated rings. The summed E-state index contributed by atoms with van der Waals surface area (Å²) in [6.07, 6.45) is 6.38.